The van der Waals surface area contributed by atoms with Gasteiger partial charge in [-0.05, 0) is 13.0 Å². The predicted octanol–water partition coefficient (Wildman–Crippen LogP) is 2.09. The van der Waals surface area contributed by atoms with Gasteiger partial charge < -0.3 is 10.2 Å². The van der Waals surface area contributed by atoms with Crippen molar-refractivity contribution in [3.05, 3.63) is 24.0 Å². The SMILES string of the molecule is CNc1ccncc1C(=O)N1CCSC(C)C1C. The Balaban J connectivity index is 2.25. The highest BCUT2D eigenvalue weighted by atomic mass is 32.2. The van der Waals surface area contributed by atoms with E-state index in [0.717, 1.165) is 18.0 Å². The van der Waals surface area contributed by atoms with Crippen molar-refractivity contribution in [3.63, 3.8) is 0 Å². The van der Waals surface area contributed by atoms with Gasteiger partial charge in [0.05, 0.1) is 5.56 Å². The van der Waals surface area contributed by atoms with Crippen molar-refractivity contribution in [2.24, 2.45) is 0 Å². The number of carbonyl (C=O) groups excluding carboxylic acids is 1. The lowest BCUT2D eigenvalue weighted by Crippen LogP contribution is -2.48. The van der Waals surface area contributed by atoms with E-state index >= 15 is 0 Å². The Kier molecular flexibility index (Phi) is 4.11. The maximum Gasteiger partial charge on any atom is 0.257 e. The summed E-state index contributed by atoms with van der Waals surface area (Å²) >= 11 is 1.93. The van der Waals surface area contributed by atoms with Crippen LogP contribution in [-0.2, 0) is 0 Å². The van der Waals surface area contributed by atoms with E-state index in [0.29, 0.717) is 10.8 Å². The topological polar surface area (TPSA) is 45.2 Å². The Morgan fingerprint density at radius 2 is 2.33 bits per heavy atom. The van der Waals surface area contributed by atoms with Crippen molar-refractivity contribution in [2.75, 3.05) is 24.7 Å². The van der Waals surface area contributed by atoms with Gasteiger partial charge in [-0.2, -0.15) is 11.8 Å². The maximum atomic E-state index is 12.6. The minimum absolute atomic E-state index is 0.0760. The summed E-state index contributed by atoms with van der Waals surface area (Å²) in [6.45, 7) is 5.11. The molecule has 0 aliphatic carbocycles. The standard InChI is InChI=1S/C13H19N3OS/c1-9-10(2)18-7-6-16(9)13(17)11-8-15-5-4-12(11)14-3/h4-5,8-10H,6-7H2,1-3H3,(H,14,15). The van der Waals surface area contributed by atoms with Gasteiger partial charge in [0.15, 0.2) is 0 Å². The summed E-state index contributed by atoms with van der Waals surface area (Å²) in [5.41, 5.74) is 1.50. The van der Waals surface area contributed by atoms with Gasteiger partial charge in [0, 0.05) is 48.7 Å². The molecule has 18 heavy (non-hydrogen) atoms. The van der Waals surface area contributed by atoms with Crippen LogP contribution in [0.15, 0.2) is 18.5 Å². The molecule has 1 aromatic rings. The number of rotatable bonds is 2. The molecule has 1 aliphatic heterocycles. The summed E-state index contributed by atoms with van der Waals surface area (Å²) in [7, 11) is 1.82. The average Bonchev–Trinajstić information content (AvgIpc) is 2.41. The van der Waals surface area contributed by atoms with Crippen LogP contribution in [0.2, 0.25) is 0 Å². The molecule has 2 rings (SSSR count). The normalized spacial score (nSPS) is 23.8. The van der Waals surface area contributed by atoms with Gasteiger partial charge in [0.1, 0.15) is 0 Å². The van der Waals surface area contributed by atoms with Crippen LogP contribution in [0.3, 0.4) is 0 Å². The fraction of sp³-hybridized carbons (Fsp3) is 0.538. The van der Waals surface area contributed by atoms with E-state index < -0.39 is 0 Å². The third-order valence-electron chi connectivity index (χ3n) is 3.47. The molecule has 1 N–H and O–H groups in total. The molecule has 0 saturated carbocycles. The summed E-state index contributed by atoms with van der Waals surface area (Å²) in [6.07, 6.45) is 3.34. The van der Waals surface area contributed by atoms with Crippen LogP contribution in [0.4, 0.5) is 5.69 Å². The predicted molar refractivity (Wildman–Crippen MR) is 76.2 cm³/mol. The Morgan fingerprint density at radius 3 is 3.06 bits per heavy atom. The molecule has 0 spiro atoms. The van der Waals surface area contributed by atoms with Crippen LogP contribution >= 0.6 is 11.8 Å². The third kappa shape index (κ3) is 2.46. The van der Waals surface area contributed by atoms with Crippen LogP contribution in [0.5, 0.6) is 0 Å². The quantitative estimate of drug-likeness (QED) is 0.889. The van der Waals surface area contributed by atoms with Gasteiger partial charge in [0.2, 0.25) is 0 Å². The van der Waals surface area contributed by atoms with Gasteiger partial charge >= 0.3 is 0 Å². The van der Waals surface area contributed by atoms with Crippen LogP contribution in [0.25, 0.3) is 0 Å². The van der Waals surface area contributed by atoms with Crippen molar-refractivity contribution >= 4 is 23.4 Å². The number of pyridine rings is 1. The monoisotopic (exact) mass is 265 g/mol. The smallest absolute Gasteiger partial charge is 0.257 e. The largest absolute Gasteiger partial charge is 0.387 e. The number of hydrogen-bond donors (Lipinski definition) is 1. The average molecular weight is 265 g/mol. The fourth-order valence-electron chi connectivity index (χ4n) is 2.16. The van der Waals surface area contributed by atoms with Gasteiger partial charge in [-0.25, -0.2) is 0 Å². The minimum Gasteiger partial charge on any atom is -0.387 e. The second kappa shape index (κ2) is 5.61. The number of nitrogens with zero attached hydrogens (tertiary/aromatic N) is 2. The Hall–Kier alpha value is -1.23. The van der Waals surface area contributed by atoms with Crippen molar-refractivity contribution in [1.82, 2.24) is 9.88 Å². The highest BCUT2D eigenvalue weighted by molar-refractivity contribution is 8.00. The van der Waals surface area contributed by atoms with Crippen LogP contribution in [0, 0.1) is 0 Å². The first kappa shape index (κ1) is 13.2. The molecule has 2 heterocycles. The molecule has 1 amide bonds. The number of anilines is 1. The summed E-state index contributed by atoms with van der Waals surface area (Å²) in [5.74, 6) is 1.08. The summed E-state index contributed by atoms with van der Waals surface area (Å²) in [4.78, 5) is 18.6. The Bertz CT molecular complexity index is 438. The lowest BCUT2D eigenvalue weighted by Gasteiger charge is -2.37. The van der Waals surface area contributed by atoms with Crippen LogP contribution < -0.4 is 5.32 Å². The third-order valence-corrected chi connectivity index (χ3v) is 4.80. The lowest BCUT2D eigenvalue weighted by atomic mass is 10.1. The molecule has 5 heteroatoms. The Labute approximate surface area is 112 Å². The van der Waals surface area contributed by atoms with E-state index in [-0.39, 0.29) is 11.9 Å². The first-order chi connectivity index (χ1) is 8.65. The zero-order valence-corrected chi connectivity index (χ0v) is 11.8. The number of carbonyl (C=O) groups is 1. The maximum absolute atomic E-state index is 12.6. The molecule has 4 nitrogen and oxygen atoms in total. The van der Waals surface area contributed by atoms with E-state index in [9.17, 15) is 4.79 Å². The lowest BCUT2D eigenvalue weighted by molar-refractivity contribution is 0.0699. The molecule has 1 saturated heterocycles. The van der Waals surface area contributed by atoms with E-state index in [1.165, 1.54) is 0 Å². The zero-order chi connectivity index (χ0) is 13.1. The second-order valence-corrected chi connectivity index (χ2v) is 5.97. The first-order valence-electron chi connectivity index (χ1n) is 6.19. The molecule has 2 unspecified atom stereocenters. The van der Waals surface area contributed by atoms with Gasteiger partial charge in [-0.15, -0.1) is 0 Å². The Morgan fingerprint density at radius 1 is 1.56 bits per heavy atom. The molecule has 1 aliphatic rings. The van der Waals surface area contributed by atoms with Crippen LogP contribution in [0.1, 0.15) is 24.2 Å². The molecule has 1 fully saturated rings. The number of hydrogen-bond acceptors (Lipinski definition) is 4. The van der Waals surface area contributed by atoms with E-state index in [1.54, 1.807) is 12.4 Å². The first-order valence-corrected chi connectivity index (χ1v) is 7.24. The molecule has 1 aromatic heterocycles. The molecular formula is C13H19N3OS. The molecule has 0 radical (unpaired) electrons. The highest BCUT2D eigenvalue weighted by Gasteiger charge is 2.30. The molecule has 0 aromatic carbocycles. The number of amides is 1. The summed E-state index contributed by atoms with van der Waals surface area (Å²) in [6, 6.07) is 2.10. The van der Waals surface area contributed by atoms with Crippen molar-refractivity contribution in [2.45, 2.75) is 25.1 Å². The van der Waals surface area contributed by atoms with E-state index in [1.807, 2.05) is 29.8 Å². The number of aromatic nitrogens is 1. The molecule has 0 bridgehead atoms. The van der Waals surface area contributed by atoms with Crippen molar-refractivity contribution in [1.29, 1.82) is 0 Å². The number of thioether (sulfide) groups is 1. The second-order valence-electron chi connectivity index (χ2n) is 4.49. The van der Waals surface area contributed by atoms with Crippen LogP contribution in [-0.4, -0.2) is 46.4 Å². The van der Waals surface area contributed by atoms with Gasteiger partial charge in [-0.3, -0.25) is 9.78 Å². The van der Waals surface area contributed by atoms with Crippen molar-refractivity contribution in [3.8, 4) is 0 Å². The molecule has 2 atom stereocenters. The van der Waals surface area contributed by atoms with E-state index in [2.05, 4.69) is 24.1 Å². The summed E-state index contributed by atoms with van der Waals surface area (Å²) < 4.78 is 0. The number of nitrogens with one attached hydrogen (secondary N) is 1. The minimum atomic E-state index is 0.0760. The van der Waals surface area contributed by atoms with Crippen molar-refractivity contribution < 1.29 is 4.79 Å². The van der Waals surface area contributed by atoms with E-state index in [4.69, 9.17) is 0 Å². The summed E-state index contributed by atoms with van der Waals surface area (Å²) in [5, 5.41) is 3.53. The van der Waals surface area contributed by atoms with Gasteiger partial charge in [0.25, 0.3) is 5.91 Å². The highest BCUT2D eigenvalue weighted by Crippen LogP contribution is 2.26. The zero-order valence-electron chi connectivity index (χ0n) is 11.0. The molecular weight excluding hydrogens is 246 g/mol. The molecule has 98 valence electrons. The fourth-order valence-corrected chi connectivity index (χ4v) is 3.26. The van der Waals surface area contributed by atoms with Gasteiger partial charge in [-0.1, -0.05) is 6.92 Å².